The number of aromatic nitrogens is 1. The summed E-state index contributed by atoms with van der Waals surface area (Å²) in [6.07, 6.45) is 5.28. The number of nitrogens with zero attached hydrogens (tertiary/aromatic N) is 3. The lowest BCUT2D eigenvalue weighted by atomic mass is 9.89. The van der Waals surface area contributed by atoms with Crippen LogP contribution in [0.1, 0.15) is 18.4 Å². The number of likely N-dealkylation sites (N-methyl/N-ethyl adjacent to an activating group) is 1. The molecule has 0 saturated carbocycles. The van der Waals surface area contributed by atoms with E-state index in [2.05, 4.69) is 34.1 Å². The number of piperidine rings is 1. The number of amides is 1. The van der Waals surface area contributed by atoms with Crippen LogP contribution in [-0.4, -0.2) is 54.4 Å². The average molecular weight is 311 g/mol. The lowest BCUT2D eigenvalue weighted by Gasteiger charge is -2.32. The standard InChI is InChI=1S/C19H25N3O/c1-21(2)18(23)14-22-11-8-15(9-12-22)13-17-6-3-5-16-7-4-10-20-19(16)17/h3-7,10,15H,8-9,11-14H2,1-2H3. The first kappa shape index (κ1) is 15.9. The molecular weight excluding hydrogens is 286 g/mol. The summed E-state index contributed by atoms with van der Waals surface area (Å²) >= 11 is 0. The van der Waals surface area contributed by atoms with Crippen LogP contribution in [0.4, 0.5) is 0 Å². The van der Waals surface area contributed by atoms with E-state index in [4.69, 9.17) is 0 Å². The molecule has 1 aliphatic rings. The minimum Gasteiger partial charge on any atom is -0.348 e. The van der Waals surface area contributed by atoms with Gasteiger partial charge in [0.05, 0.1) is 12.1 Å². The van der Waals surface area contributed by atoms with Gasteiger partial charge in [-0.05, 0) is 49.9 Å². The molecule has 0 radical (unpaired) electrons. The maximum atomic E-state index is 11.8. The van der Waals surface area contributed by atoms with Crippen molar-refractivity contribution in [3.05, 3.63) is 42.1 Å². The fourth-order valence-corrected chi connectivity index (χ4v) is 3.32. The molecule has 0 spiro atoms. The maximum absolute atomic E-state index is 11.8. The van der Waals surface area contributed by atoms with E-state index in [1.54, 1.807) is 4.90 Å². The minimum absolute atomic E-state index is 0.196. The van der Waals surface area contributed by atoms with Crippen LogP contribution in [0.2, 0.25) is 0 Å². The molecule has 0 N–H and O–H groups in total. The summed E-state index contributed by atoms with van der Waals surface area (Å²) in [6.45, 7) is 2.58. The highest BCUT2D eigenvalue weighted by Gasteiger charge is 2.22. The first-order valence-electron chi connectivity index (χ1n) is 8.38. The Bertz CT molecular complexity index is 670. The molecule has 1 amide bonds. The Morgan fingerprint density at radius 2 is 1.96 bits per heavy atom. The van der Waals surface area contributed by atoms with E-state index in [1.165, 1.54) is 10.9 Å². The van der Waals surface area contributed by atoms with Gasteiger partial charge in [-0.1, -0.05) is 24.3 Å². The van der Waals surface area contributed by atoms with E-state index < -0.39 is 0 Å². The molecule has 0 atom stereocenters. The van der Waals surface area contributed by atoms with E-state index in [0.29, 0.717) is 12.5 Å². The Hall–Kier alpha value is -1.94. The third kappa shape index (κ3) is 3.88. The number of pyridine rings is 1. The predicted octanol–water partition coefficient (Wildman–Crippen LogP) is 2.58. The van der Waals surface area contributed by atoms with Gasteiger partial charge in [-0.15, -0.1) is 0 Å². The number of likely N-dealkylation sites (tertiary alicyclic amines) is 1. The molecule has 1 aliphatic heterocycles. The van der Waals surface area contributed by atoms with Crippen LogP contribution in [0.15, 0.2) is 36.5 Å². The van der Waals surface area contributed by atoms with Gasteiger partial charge in [0.1, 0.15) is 0 Å². The average Bonchev–Trinajstić information content (AvgIpc) is 2.57. The molecule has 122 valence electrons. The van der Waals surface area contributed by atoms with Crippen molar-refractivity contribution < 1.29 is 4.79 Å². The third-order valence-corrected chi connectivity index (χ3v) is 4.79. The van der Waals surface area contributed by atoms with Gasteiger partial charge in [-0.25, -0.2) is 0 Å². The molecule has 1 aromatic heterocycles. The monoisotopic (exact) mass is 311 g/mol. The lowest BCUT2D eigenvalue weighted by molar-refractivity contribution is -0.130. The molecule has 1 fully saturated rings. The van der Waals surface area contributed by atoms with E-state index in [1.807, 2.05) is 26.4 Å². The van der Waals surface area contributed by atoms with Crippen molar-refractivity contribution in [2.24, 2.45) is 5.92 Å². The highest BCUT2D eigenvalue weighted by molar-refractivity contribution is 5.81. The molecule has 4 nitrogen and oxygen atoms in total. The Morgan fingerprint density at radius 1 is 1.22 bits per heavy atom. The van der Waals surface area contributed by atoms with E-state index in [-0.39, 0.29) is 5.91 Å². The van der Waals surface area contributed by atoms with Crippen LogP contribution >= 0.6 is 0 Å². The van der Waals surface area contributed by atoms with E-state index >= 15 is 0 Å². The minimum atomic E-state index is 0.196. The summed E-state index contributed by atoms with van der Waals surface area (Å²) in [7, 11) is 3.64. The number of carbonyl (C=O) groups is 1. The highest BCUT2D eigenvalue weighted by Crippen LogP contribution is 2.25. The molecule has 2 aromatic rings. The number of rotatable bonds is 4. The Labute approximate surface area is 138 Å². The van der Waals surface area contributed by atoms with E-state index in [9.17, 15) is 4.79 Å². The summed E-state index contributed by atoms with van der Waals surface area (Å²) in [5.74, 6) is 0.884. The first-order valence-corrected chi connectivity index (χ1v) is 8.38. The van der Waals surface area contributed by atoms with Crippen molar-refractivity contribution in [3.63, 3.8) is 0 Å². The quantitative estimate of drug-likeness (QED) is 0.871. The first-order chi connectivity index (χ1) is 11.1. The van der Waals surface area contributed by atoms with Crippen LogP contribution in [-0.2, 0) is 11.2 Å². The van der Waals surface area contributed by atoms with Gasteiger partial charge < -0.3 is 4.90 Å². The molecule has 1 aromatic carbocycles. The van der Waals surface area contributed by atoms with Crippen LogP contribution in [0.25, 0.3) is 10.9 Å². The fourth-order valence-electron chi connectivity index (χ4n) is 3.32. The normalized spacial score (nSPS) is 16.6. The Balaban J connectivity index is 1.59. The summed E-state index contributed by atoms with van der Waals surface area (Å²) < 4.78 is 0. The smallest absolute Gasteiger partial charge is 0.236 e. The third-order valence-electron chi connectivity index (χ3n) is 4.79. The van der Waals surface area contributed by atoms with Gasteiger partial charge in [0.2, 0.25) is 5.91 Å². The van der Waals surface area contributed by atoms with Gasteiger partial charge in [0, 0.05) is 25.7 Å². The van der Waals surface area contributed by atoms with Crippen molar-refractivity contribution in [1.29, 1.82) is 0 Å². The van der Waals surface area contributed by atoms with E-state index in [0.717, 1.165) is 37.9 Å². The number of fused-ring (bicyclic) bond motifs is 1. The molecule has 0 aliphatic carbocycles. The maximum Gasteiger partial charge on any atom is 0.236 e. The molecule has 0 bridgehead atoms. The molecule has 1 saturated heterocycles. The molecule has 23 heavy (non-hydrogen) atoms. The predicted molar refractivity (Wildman–Crippen MR) is 93.3 cm³/mol. The summed E-state index contributed by atoms with van der Waals surface area (Å²) in [5, 5.41) is 1.22. The SMILES string of the molecule is CN(C)C(=O)CN1CCC(Cc2cccc3cccnc23)CC1. The molecule has 3 rings (SSSR count). The molecule has 0 unspecified atom stereocenters. The summed E-state index contributed by atoms with van der Waals surface area (Å²) in [6, 6.07) is 10.6. The number of benzene rings is 1. The summed E-state index contributed by atoms with van der Waals surface area (Å²) in [4.78, 5) is 20.3. The van der Waals surface area contributed by atoms with Crippen molar-refractivity contribution in [1.82, 2.24) is 14.8 Å². The summed E-state index contributed by atoms with van der Waals surface area (Å²) in [5.41, 5.74) is 2.49. The zero-order valence-corrected chi connectivity index (χ0v) is 14.0. The van der Waals surface area contributed by atoms with Crippen LogP contribution in [0, 0.1) is 5.92 Å². The van der Waals surface area contributed by atoms with Crippen molar-refractivity contribution in [2.45, 2.75) is 19.3 Å². The highest BCUT2D eigenvalue weighted by atomic mass is 16.2. The van der Waals surface area contributed by atoms with Crippen LogP contribution in [0.3, 0.4) is 0 Å². The second kappa shape index (κ2) is 7.09. The van der Waals surface area contributed by atoms with Crippen molar-refractivity contribution in [2.75, 3.05) is 33.7 Å². The Kier molecular flexibility index (Phi) is 4.91. The van der Waals surface area contributed by atoms with Crippen molar-refractivity contribution >= 4 is 16.8 Å². The van der Waals surface area contributed by atoms with Crippen LogP contribution < -0.4 is 0 Å². The molecule has 2 heterocycles. The van der Waals surface area contributed by atoms with Gasteiger partial charge in [0.25, 0.3) is 0 Å². The zero-order valence-electron chi connectivity index (χ0n) is 14.0. The lowest BCUT2D eigenvalue weighted by Crippen LogP contribution is -2.41. The number of para-hydroxylation sites is 1. The Morgan fingerprint density at radius 3 is 2.70 bits per heavy atom. The molecular formula is C19H25N3O. The second-order valence-electron chi connectivity index (χ2n) is 6.70. The topological polar surface area (TPSA) is 36.4 Å². The van der Waals surface area contributed by atoms with Gasteiger partial charge in [0.15, 0.2) is 0 Å². The fraction of sp³-hybridized carbons (Fsp3) is 0.474. The van der Waals surface area contributed by atoms with Gasteiger partial charge >= 0.3 is 0 Å². The molecule has 4 heteroatoms. The largest absolute Gasteiger partial charge is 0.348 e. The van der Waals surface area contributed by atoms with Gasteiger partial charge in [-0.3, -0.25) is 14.7 Å². The number of carbonyl (C=O) groups excluding carboxylic acids is 1. The second-order valence-corrected chi connectivity index (χ2v) is 6.70. The van der Waals surface area contributed by atoms with Crippen molar-refractivity contribution in [3.8, 4) is 0 Å². The number of hydrogen-bond acceptors (Lipinski definition) is 3. The zero-order chi connectivity index (χ0) is 16.2. The van der Waals surface area contributed by atoms with Crippen LogP contribution in [0.5, 0.6) is 0 Å². The van der Waals surface area contributed by atoms with Gasteiger partial charge in [-0.2, -0.15) is 0 Å². The number of hydrogen-bond donors (Lipinski definition) is 0.